The third kappa shape index (κ3) is 3.59. The number of anilines is 1. The van der Waals surface area contributed by atoms with Crippen LogP contribution in [0, 0.1) is 29.1 Å². The lowest BCUT2D eigenvalue weighted by molar-refractivity contribution is -0.274. The molecule has 1 N–H and O–H groups in total. The molecular formula is C29H25F3N2O6. The molecule has 2 aromatic carbocycles. The summed E-state index contributed by atoms with van der Waals surface area (Å²) >= 11 is 0. The van der Waals surface area contributed by atoms with Crippen molar-refractivity contribution in [3.8, 4) is 11.5 Å². The van der Waals surface area contributed by atoms with Crippen LogP contribution in [0.5, 0.6) is 11.5 Å². The zero-order valence-electron chi connectivity index (χ0n) is 21.5. The molecule has 4 amide bonds. The van der Waals surface area contributed by atoms with Crippen molar-refractivity contribution in [2.24, 2.45) is 29.1 Å². The minimum atomic E-state index is -5.00. The molecular weight excluding hydrogens is 529 g/mol. The van der Waals surface area contributed by atoms with Crippen LogP contribution in [0.4, 0.5) is 18.9 Å². The van der Waals surface area contributed by atoms with Gasteiger partial charge in [-0.05, 0) is 56.0 Å². The number of phenols is 1. The summed E-state index contributed by atoms with van der Waals surface area (Å²) in [5.41, 5.74) is -0.641. The summed E-state index contributed by atoms with van der Waals surface area (Å²) in [4.78, 5) is 56.4. The van der Waals surface area contributed by atoms with E-state index < -0.39 is 64.8 Å². The van der Waals surface area contributed by atoms with Crippen LogP contribution in [0.1, 0.15) is 31.2 Å². The van der Waals surface area contributed by atoms with E-state index in [0.29, 0.717) is 11.3 Å². The number of aromatic hydroxyl groups is 1. The standard InChI is InChI=1S/C29H25F3N2O6/c1-28-20(25(37)34(27(28)39)14-6-4-3-5-7-14)13-18-16(9-10-17-22(18)26(38)33(2)24(17)36)23(28)19-12-15(8-11-21(19)35)40-29(30,31)32/h3-9,11-12,17-18,20,22-23,35H,10,13H2,1-2H3. The molecule has 40 heavy (non-hydrogen) atoms. The van der Waals surface area contributed by atoms with E-state index in [1.807, 2.05) is 0 Å². The van der Waals surface area contributed by atoms with Gasteiger partial charge < -0.3 is 9.84 Å². The van der Waals surface area contributed by atoms with Gasteiger partial charge in [0.05, 0.1) is 28.9 Å². The third-order valence-corrected chi connectivity index (χ3v) is 9.05. The van der Waals surface area contributed by atoms with E-state index in [4.69, 9.17) is 0 Å². The van der Waals surface area contributed by atoms with Crippen molar-refractivity contribution >= 4 is 29.3 Å². The van der Waals surface area contributed by atoms with Gasteiger partial charge in [0.15, 0.2) is 0 Å². The first-order valence-electron chi connectivity index (χ1n) is 12.9. The first-order chi connectivity index (χ1) is 18.8. The van der Waals surface area contributed by atoms with Gasteiger partial charge >= 0.3 is 6.36 Å². The second-order valence-electron chi connectivity index (χ2n) is 11.0. The molecule has 2 heterocycles. The number of hydrogen-bond donors (Lipinski definition) is 1. The number of alkyl halides is 3. The third-order valence-electron chi connectivity index (χ3n) is 9.05. The minimum Gasteiger partial charge on any atom is -0.508 e. The van der Waals surface area contributed by atoms with Crippen LogP contribution in [0.15, 0.2) is 60.2 Å². The van der Waals surface area contributed by atoms with Crippen LogP contribution in [0.25, 0.3) is 0 Å². The van der Waals surface area contributed by atoms with Gasteiger partial charge in [-0.1, -0.05) is 29.8 Å². The fourth-order valence-corrected chi connectivity index (χ4v) is 7.30. The van der Waals surface area contributed by atoms with Crippen molar-refractivity contribution in [2.75, 3.05) is 11.9 Å². The summed E-state index contributed by atoms with van der Waals surface area (Å²) < 4.78 is 43.5. The van der Waals surface area contributed by atoms with E-state index in [-0.39, 0.29) is 30.1 Å². The molecule has 2 aliphatic carbocycles. The molecule has 4 aliphatic rings. The molecule has 6 rings (SSSR count). The molecule has 6 atom stereocenters. The Labute approximate surface area is 227 Å². The Hall–Kier alpha value is -4.15. The molecule has 208 valence electrons. The number of halogens is 3. The quantitative estimate of drug-likeness (QED) is 0.452. The number of nitrogens with zero attached hydrogens (tertiary/aromatic N) is 2. The van der Waals surface area contributed by atoms with Crippen LogP contribution in [-0.4, -0.2) is 47.0 Å². The van der Waals surface area contributed by atoms with Gasteiger partial charge in [-0.2, -0.15) is 0 Å². The second-order valence-corrected chi connectivity index (χ2v) is 11.0. The molecule has 11 heteroatoms. The molecule has 2 aliphatic heterocycles. The Kier molecular flexibility index (Phi) is 5.66. The van der Waals surface area contributed by atoms with Crippen molar-refractivity contribution < 1.29 is 42.2 Å². The SMILES string of the molecule is CN1C(=O)C2CC=C3C(CC4C(=O)N(c5ccccc5)C(=O)C4(C)C3c3cc(OC(F)(F)F)ccc3O)C2C1=O. The minimum absolute atomic E-state index is 0.0233. The van der Waals surface area contributed by atoms with Gasteiger partial charge in [0, 0.05) is 18.5 Å². The van der Waals surface area contributed by atoms with Crippen molar-refractivity contribution in [3.63, 3.8) is 0 Å². The first-order valence-corrected chi connectivity index (χ1v) is 12.9. The maximum absolute atomic E-state index is 14.2. The number of para-hydroxylation sites is 1. The number of hydrogen-bond acceptors (Lipinski definition) is 6. The van der Waals surface area contributed by atoms with Gasteiger partial charge in [-0.3, -0.25) is 24.1 Å². The number of fused-ring (bicyclic) bond motifs is 4. The summed E-state index contributed by atoms with van der Waals surface area (Å²) in [5.74, 6) is -6.86. The molecule has 0 bridgehead atoms. The predicted molar refractivity (Wildman–Crippen MR) is 134 cm³/mol. The number of benzene rings is 2. The molecule has 3 fully saturated rings. The number of carbonyl (C=O) groups excluding carboxylic acids is 4. The summed E-state index contributed by atoms with van der Waals surface area (Å²) in [6.07, 6.45) is -2.97. The Morgan fingerprint density at radius 1 is 0.975 bits per heavy atom. The molecule has 1 saturated carbocycles. The van der Waals surface area contributed by atoms with E-state index >= 15 is 0 Å². The smallest absolute Gasteiger partial charge is 0.508 e. The summed E-state index contributed by atoms with van der Waals surface area (Å²) in [5, 5.41) is 11.0. The molecule has 0 spiro atoms. The number of allylic oxidation sites excluding steroid dienone is 2. The number of likely N-dealkylation sites (tertiary alicyclic amines) is 1. The van der Waals surface area contributed by atoms with Gasteiger partial charge in [-0.15, -0.1) is 13.2 Å². The number of rotatable bonds is 3. The first kappa shape index (κ1) is 26.1. The lowest BCUT2D eigenvalue weighted by Crippen LogP contribution is -2.48. The van der Waals surface area contributed by atoms with Crippen molar-refractivity contribution in [1.82, 2.24) is 4.90 Å². The van der Waals surface area contributed by atoms with E-state index in [1.165, 1.54) is 7.05 Å². The van der Waals surface area contributed by atoms with Gasteiger partial charge in [0.25, 0.3) is 0 Å². The number of ether oxygens (including phenoxy) is 1. The highest BCUT2D eigenvalue weighted by molar-refractivity contribution is 6.24. The Morgan fingerprint density at radius 2 is 1.68 bits per heavy atom. The zero-order valence-corrected chi connectivity index (χ0v) is 21.5. The fraction of sp³-hybridized carbons (Fsp3) is 0.379. The fourth-order valence-electron chi connectivity index (χ4n) is 7.30. The van der Waals surface area contributed by atoms with Gasteiger partial charge in [0.1, 0.15) is 11.5 Å². The van der Waals surface area contributed by atoms with Crippen LogP contribution in [0.2, 0.25) is 0 Å². The van der Waals surface area contributed by atoms with Crippen molar-refractivity contribution in [3.05, 3.63) is 65.7 Å². The molecule has 2 aromatic rings. The van der Waals surface area contributed by atoms with E-state index in [9.17, 15) is 37.5 Å². The number of imide groups is 2. The highest BCUT2D eigenvalue weighted by Crippen LogP contribution is 2.64. The maximum Gasteiger partial charge on any atom is 0.573 e. The molecule has 6 unspecified atom stereocenters. The molecule has 2 saturated heterocycles. The normalized spacial score (nSPS) is 31.6. The van der Waals surface area contributed by atoms with Crippen molar-refractivity contribution in [2.45, 2.75) is 32.0 Å². The topological polar surface area (TPSA) is 104 Å². The maximum atomic E-state index is 14.2. The summed E-state index contributed by atoms with van der Waals surface area (Å²) in [6.45, 7) is 1.58. The molecule has 8 nitrogen and oxygen atoms in total. The van der Waals surface area contributed by atoms with E-state index in [1.54, 1.807) is 43.3 Å². The van der Waals surface area contributed by atoms with Crippen LogP contribution < -0.4 is 9.64 Å². The van der Waals surface area contributed by atoms with Crippen LogP contribution in [0.3, 0.4) is 0 Å². The largest absolute Gasteiger partial charge is 0.573 e. The number of amides is 4. The van der Waals surface area contributed by atoms with E-state index in [2.05, 4.69) is 4.74 Å². The Bertz CT molecular complexity index is 1490. The molecule has 0 aromatic heterocycles. The number of phenolic OH excluding ortho intramolecular Hbond substituents is 1. The highest BCUT2D eigenvalue weighted by Gasteiger charge is 2.67. The average Bonchev–Trinajstić information content (AvgIpc) is 3.24. The van der Waals surface area contributed by atoms with Crippen LogP contribution in [-0.2, 0) is 19.2 Å². The van der Waals surface area contributed by atoms with Crippen LogP contribution >= 0.6 is 0 Å². The van der Waals surface area contributed by atoms with Gasteiger partial charge in [0.2, 0.25) is 23.6 Å². The zero-order chi connectivity index (χ0) is 28.7. The predicted octanol–water partition coefficient (Wildman–Crippen LogP) is 4.15. The monoisotopic (exact) mass is 554 g/mol. The second kappa shape index (κ2) is 8.67. The van der Waals surface area contributed by atoms with Crippen molar-refractivity contribution in [1.29, 1.82) is 0 Å². The summed E-state index contributed by atoms with van der Waals surface area (Å²) in [6, 6.07) is 11.3. The Morgan fingerprint density at radius 3 is 2.35 bits per heavy atom. The van der Waals surface area contributed by atoms with Gasteiger partial charge in [-0.25, -0.2) is 4.90 Å². The van der Waals surface area contributed by atoms with E-state index in [0.717, 1.165) is 28.0 Å². The lowest BCUT2D eigenvalue weighted by Gasteiger charge is -2.49. The lowest BCUT2D eigenvalue weighted by atomic mass is 9.51. The average molecular weight is 555 g/mol. The number of carbonyl (C=O) groups is 4. The Balaban J connectivity index is 1.55. The summed E-state index contributed by atoms with van der Waals surface area (Å²) in [7, 11) is 1.40. The molecule has 0 radical (unpaired) electrons. The highest BCUT2D eigenvalue weighted by atomic mass is 19.4.